The highest BCUT2D eigenvalue weighted by molar-refractivity contribution is 5.97. The molecule has 0 saturated heterocycles. The summed E-state index contributed by atoms with van der Waals surface area (Å²) in [5.74, 6) is -1.88. The summed E-state index contributed by atoms with van der Waals surface area (Å²) in [6.07, 6.45) is 0.0403. The molecule has 0 spiro atoms. The minimum atomic E-state index is -0.814. The van der Waals surface area contributed by atoms with E-state index >= 15 is 0 Å². The van der Waals surface area contributed by atoms with Gasteiger partial charge >= 0.3 is 5.97 Å². The van der Waals surface area contributed by atoms with Crippen molar-refractivity contribution in [1.82, 2.24) is 0 Å². The van der Waals surface area contributed by atoms with E-state index in [0.29, 0.717) is 5.69 Å². The van der Waals surface area contributed by atoms with Gasteiger partial charge in [0, 0.05) is 23.9 Å². The quantitative estimate of drug-likeness (QED) is 0.411. The topological polar surface area (TPSA) is 114 Å². The minimum Gasteiger partial charge on any atom is -0.452 e. The van der Waals surface area contributed by atoms with E-state index in [2.05, 4.69) is 0 Å². The van der Waals surface area contributed by atoms with E-state index in [4.69, 9.17) is 10.00 Å². The number of aryl methyl sites for hydroxylation is 1. The summed E-state index contributed by atoms with van der Waals surface area (Å²) in [6, 6.07) is 10.8. The van der Waals surface area contributed by atoms with Gasteiger partial charge in [0.15, 0.2) is 6.61 Å². The highest BCUT2D eigenvalue weighted by atomic mass is 19.1. The highest BCUT2D eigenvalue weighted by Crippen LogP contribution is 2.20. The van der Waals surface area contributed by atoms with Gasteiger partial charge in [0.2, 0.25) is 0 Å². The van der Waals surface area contributed by atoms with E-state index < -0.39 is 29.2 Å². The van der Waals surface area contributed by atoms with Crippen molar-refractivity contribution in [3.63, 3.8) is 0 Å². The molecule has 0 heterocycles. The van der Waals surface area contributed by atoms with Gasteiger partial charge in [0.1, 0.15) is 5.82 Å². The molecule has 2 rings (SSSR count). The number of anilines is 1. The summed E-state index contributed by atoms with van der Waals surface area (Å²) in [5, 5.41) is 19.6. The number of nitriles is 1. The van der Waals surface area contributed by atoms with Gasteiger partial charge in [-0.1, -0.05) is 0 Å². The molecule has 0 unspecified atom stereocenters. The molecular formula is C19H16FN3O5. The highest BCUT2D eigenvalue weighted by Gasteiger charge is 2.19. The third-order valence-electron chi connectivity index (χ3n) is 3.84. The van der Waals surface area contributed by atoms with Crippen LogP contribution < -0.4 is 4.90 Å². The van der Waals surface area contributed by atoms with Crippen LogP contribution in [0.15, 0.2) is 42.5 Å². The number of rotatable bonds is 7. The molecule has 2 aromatic rings. The predicted octanol–water partition coefficient (Wildman–Crippen LogP) is 3.15. The Morgan fingerprint density at radius 2 is 1.93 bits per heavy atom. The van der Waals surface area contributed by atoms with Crippen molar-refractivity contribution in [2.45, 2.75) is 13.3 Å². The maximum atomic E-state index is 13.1. The number of nitrogens with zero attached hydrogens (tertiary/aromatic N) is 3. The van der Waals surface area contributed by atoms with Crippen LogP contribution in [0.25, 0.3) is 0 Å². The van der Waals surface area contributed by atoms with E-state index in [-0.39, 0.29) is 29.8 Å². The Kier molecular flexibility index (Phi) is 6.76. The Hall–Kier alpha value is -3.80. The van der Waals surface area contributed by atoms with Gasteiger partial charge in [-0.05, 0) is 43.3 Å². The number of esters is 1. The molecule has 2 aromatic carbocycles. The number of nitro groups is 1. The fourth-order valence-electron chi connectivity index (χ4n) is 2.46. The van der Waals surface area contributed by atoms with E-state index in [9.17, 15) is 24.1 Å². The normalized spacial score (nSPS) is 10.0. The second-order valence-corrected chi connectivity index (χ2v) is 5.76. The molecule has 0 aliphatic carbocycles. The Labute approximate surface area is 159 Å². The summed E-state index contributed by atoms with van der Waals surface area (Å²) in [5.41, 5.74) is 0.587. The lowest BCUT2D eigenvalue weighted by Gasteiger charge is -2.21. The number of hydrogen-bond donors (Lipinski definition) is 0. The molecular weight excluding hydrogens is 369 g/mol. The molecule has 8 nitrogen and oxygen atoms in total. The van der Waals surface area contributed by atoms with Gasteiger partial charge in [0.25, 0.3) is 11.6 Å². The predicted molar refractivity (Wildman–Crippen MR) is 97.1 cm³/mol. The van der Waals surface area contributed by atoms with Gasteiger partial charge in [-0.3, -0.25) is 14.9 Å². The first-order chi connectivity index (χ1) is 13.3. The van der Waals surface area contributed by atoms with E-state index in [1.54, 1.807) is 0 Å². The lowest BCUT2D eigenvalue weighted by molar-refractivity contribution is -0.385. The maximum absolute atomic E-state index is 13.1. The Morgan fingerprint density at radius 3 is 2.50 bits per heavy atom. The maximum Gasteiger partial charge on any atom is 0.338 e. The fraction of sp³-hybridized carbons (Fsp3) is 0.211. The summed E-state index contributed by atoms with van der Waals surface area (Å²) < 4.78 is 18.1. The molecule has 0 atom stereocenters. The van der Waals surface area contributed by atoms with Gasteiger partial charge in [-0.15, -0.1) is 0 Å². The molecule has 0 aliphatic heterocycles. The van der Waals surface area contributed by atoms with E-state index in [0.717, 1.165) is 0 Å². The largest absolute Gasteiger partial charge is 0.452 e. The summed E-state index contributed by atoms with van der Waals surface area (Å²) in [6.45, 7) is 0.936. The second-order valence-electron chi connectivity index (χ2n) is 5.76. The molecule has 0 N–H and O–H groups in total. The molecule has 0 fully saturated rings. The number of carbonyl (C=O) groups excluding carboxylic acids is 2. The monoisotopic (exact) mass is 385 g/mol. The third-order valence-corrected chi connectivity index (χ3v) is 3.84. The molecule has 0 bridgehead atoms. The average Bonchev–Trinajstić information content (AvgIpc) is 2.67. The van der Waals surface area contributed by atoms with Crippen molar-refractivity contribution in [3.8, 4) is 6.07 Å². The number of halogens is 1. The first-order valence-corrected chi connectivity index (χ1v) is 8.18. The molecule has 144 valence electrons. The number of nitro benzene ring substituents is 1. The van der Waals surface area contributed by atoms with Crippen LogP contribution in [-0.4, -0.2) is 30.0 Å². The molecule has 0 aromatic heterocycles. The molecule has 9 heteroatoms. The number of amides is 1. The molecule has 28 heavy (non-hydrogen) atoms. The smallest absolute Gasteiger partial charge is 0.338 e. The van der Waals surface area contributed by atoms with Crippen LogP contribution in [0.4, 0.5) is 15.8 Å². The van der Waals surface area contributed by atoms with Crippen molar-refractivity contribution in [3.05, 3.63) is 69.5 Å². The van der Waals surface area contributed by atoms with Crippen LogP contribution in [0.5, 0.6) is 0 Å². The number of ether oxygens (including phenoxy) is 1. The Morgan fingerprint density at radius 1 is 1.25 bits per heavy atom. The lowest BCUT2D eigenvalue weighted by Crippen LogP contribution is -2.35. The Bertz CT molecular complexity index is 938. The van der Waals surface area contributed by atoms with Crippen LogP contribution in [-0.2, 0) is 9.53 Å². The van der Waals surface area contributed by atoms with Crippen LogP contribution in [0.3, 0.4) is 0 Å². The van der Waals surface area contributed by atoms with Gasteiger partial charge in [-0.25, -0.2) is 9.18 Å². The van der Waals surface area contributed by atoms with Crippen LogP contribution >= 0.6 is 0 Å². The van der Waals surface area contributed by atoms with Gasteiger partial charge in [0.05, 0.1) is 23.0 Å². The van der Waals surface area contributed by atoms with Gasteiger partial charge < -0.3 is 9.64 Å². The average molecular weight is 385 g/mol. The van der Waals surface area contributed by atoms with Crippen molar-refractivity contribution < 1.29 is 23.6 Å². The van der Waals surface area contributed by atoms with Gasteiger partial charge in [-0.2, -0.15) is 5.26 Å². The van der Waals surface area contributed by atoms with E-state index in [1.807, 2.05) is 6.07 Å². The van der Waals surface area contributed by atoms with Crippen molar-refractivity contribution in [2.75, 3.05) is 18.1 Å². The van der Waals surface area contributed by atoms with Crippen molar-refractivity contribution in [2.24, 2.45) is 0 Å². The summed E-state index contributed by atoms with van der Waals surface area (Å²) >= 11 is 0. The summed E-state index contributed by atoms with van der Waals surface area (Å²) in [4.78, 5) is 36.1. The molecule has 1 amide bonds. The molecule has 0 saturated carbocycles. The zero-order chi connectivity index (χ0) is 20.7. The number of carbonyl (C=O) groups is 2. The van der Waals surface area contributed by atoms with Crippen LogP contribution in [0, 0.1) is 34.2 Å². The standard InChI is InChI=1S/C19H16FN3O5/c1-13-11-14(3-8-17(13)23(26)27)19(25)28-12-18(24)22(10-2-9-21)16-6-4-15(20)5-7-16/h3-8,11H,2,10,12H2,1H3. The first-order valence-electron chi connectivity index (χ1n) is 8.18. The minimum absolute atomic E-state index is 0.0403. The third kappa shape index (κ3) is 5.11. The SMILES string of the molecule is Cc1cc(C(=O)OCC(=O)N(CCC#N)c2ccc(F)cc2)ccc1[N+](=O)[O-]. The molecule has 0 aliphatic rings. The number of benzene rings is 2. The van der Waals surface area contributed by atoms with Crippen molar-refractivity contribution in [1.29, 1.82) is 5.26 Å². The second kappa shape index (κ2) is 9.23. The van der Waals surface area contributed by atoms with Crippen LogP contribution in [0.1, 0.15) is 22.3 Å². The van der Waals surface area contributed by atoms with Crippen molar-refractivity contribution >= 4 is 23.3 Å². The van der Waals surface area contributed by atoms with E-state index in [1.165, 1.54) is 54.3 Å². The summed E-state index contributed by atoms with van der Waals surface area (Å²) in [7, 11) is 0. The van der Waals surface area contributed by atoms with Crippen LogP contribution in [0.2, 0.25) is 0 Å². The molecule has 0 radical (unpaired) electrons. The lowest BCUT2D eigenvalue weighted by atomic mass is 10.1. The number of hydrogen-bond acceptors (Lipinski definition) is 6. The Balaban J connectivity index is 2.08. The zero-order valence-corrected chi connectivity index (χ0v) is 14.9. The zero-order valence-electron chi connectivity index (χ0n) is 14.9. The first kappa shape index (κ1) is 20.5. The fourth-order valence-corrected chi connectivity index (χ4v) is 2.46.